The fourth-order valence-electron chi connectivity index (χ4n) is 2.59. The molecule has 1 aromatic rings. The quantitative estimate of drug-likeness (QED) is 0.863. The Morgan fingerprint density at radius 1 is 1.39 bits per heavy atom. The number of carbonyl (C=O) groups is 1. The molecular weight excluding hydrogens is 228 g/mol. The first-order valence-electron chi connectivity index (χ1n) is 6.55. The lowest BCUT2D eigenvalue weighted by atomic mass is 9.86. The van der Waals surface area contributed by atoms with Crippen LogP contribution in [0.15, 0.2) is 12.1 Å². The summed E-state index contributed by atoms with van der Waals surface area (Å²) in [7, 11) is 0. The van der Waals surface area contributed by atoms with Gasteiger partial charge in [-0.3, -0.25) is 0 Å². The SMILES string of the molecule is Cc1nc(NC2CCCCC2C)ccc1C(=O)O. The molecule has 0 amide bonds. The summed E-state index contributed by atoms with van der Waals surface area (Å²) in [6.07, 6.45) is 4.99. The van der Waals surface area contributed by atoms with E-state index in [0.29, 0.717) is 17.7 Å². The van der Waals surface area contributed by atoms with Crippen LogP contribution in [0.1, 0.15) is 48.7 Å². The largest absolute Gasteiger partial charge is 0.478 e. The highest BCUT2D eigenvalue weighted by atomic mass is 16.4. The van der Waals surface area contributed by atoms with Crippen LogP contribution >= 0.6 is 0 Å². The molecule has 1 heterocycles. The predicted octanol–water partition coefficient (Wildman–Crippen LogP) is 3.08. The molecule has 2 unspecified atom stereocenters. The second kappa shape index (κ2) is 5.38. The molecule has 2 atom stereocenters. The normalized spacial score (nSPS) is 23.7. The molecule has 0 aliphatic heterocycles. The molecule has 2 rings (SSSR count). The van der Waals surface area contributed by atoms with Crippen LogP contribution in [0.4, 0.5) is 5.82 Å². The number of carboxylic acid groups (broad SMARTS) is 1. The zero-order valence-electron chi connectivity index (χ0n) is 10.9. The zero-order valence-corrected chi connectivity index (χ0v) is 10.9. The summed E-state index contributed by atoms with van der Waals surface area (Å²) in [5.74, 6) is 0.522. The minimum absolute atomic E-state index is 0.275. The Morgan fingerprint density at radius 3 is 2.72 bits per heavy atom. The maximum absolute atomic E-state index is 10.9. The van der Waals surface area contributed by atoms with Crippen LogP contribution in [-0.2, 0) is 0 Å². The first-order valence-corrected chi connectivity index (χ1v) is 6.55. The van der Waals surface area contributed by atoms with Crippen molar-refractivity contribution in [3.63, 3.8) is 0 Å². The second-order valence-corrected chi connectivity index (χ2v) is 5.15. The lowest BCUT2D eigenvalue weighted by Crippen LogP contribution is -2.30. The maximum atomic E-state index is 10.9. The van der Waals surface area contributed by atoms with Gasteiger partial charge in [0.25, 0.3) is 0 Å². The minimum Gasteiger partial charge on any atom is -0.478 e. The minimum atomic E-state index is -0.919. The summed E-state index contributed by atoms with van der Waals surface area (Å²) < 4.78 is 0. The Balaban J connectivity index is 2.10. The lowest BCUT2D eigenvalue weighted by molar-refractivity contribution is 0.0695. The van der Waals surface area contributed by atoms with E-state index in [0.717, 1.165) is 5.82 Å². The molecule has 0 radical (unpaired) electrons. The topological polar surface area (TPSA) is 62.2 Å². The Hall–Kier alpha value is -1.58. The number of nitrogens with zero attached hydrogens (tertiary/aromatic N) is 1. The number of carboxylic acids is 1. The summed E-state index contributed by atoms with van der Waals surface area (Å²) in [4.78, 5) is 15.2. The third-order valence-electron chi connectivity index (χ3n) is 3.76. The summed E-state index contributed by atoms with van der Waals surface area (Å²) in [5.41, 5.74) is 0.841. The fraction of sp³-hybridized carbons (Fsp3) is 0.571. The van der Waals surface area contributed by atoms with E-state index < -0.39 is 5.97 Å². The van der Waals surface area contributed by atoms with Crippen LogP contribution in [-0.4, -0.2) is 22.1 Å². The number of aromatic nitrogens is 1. The molecule has 2 N–H and O–H groups in total. The van der Waals surface area contributed by atoms with Crippen LogP contribution in [0.5, 0.6) is 0 Å². The number of hydrogen-bond acceptors (Lipinski definition) is 3. The highest BCUT2D eigenvalue weighted by Gasteiger charge is 2.21. The monoisotopic (exact) mass is 248 g/mol. The smallest absolute Gasteiger partial charge is 0.337 e. The Kier molecular flexibility index (Phi) is 3.84. The number of anilines is 1. The standard InChI is InChI=1S/C14H20N2O2/c1-9-5-3-4-6-12(9)16-13-8-7-11(14(17)18)10(2)15-13/h7-9,12H,3-6H2,1-2H3,(H,15,16)(H,17,18). The van der Waals surface area contributed by atoms with Gasteiger partial charge in [0.1, 0.15) is 5.82 Å². The second-order valence-electron chi connectivity index (χ2n) is 5.15. The molecule has 98 valence electrons. The van der Waals surface area contributed by atoms with Gasteiger partial charge in [0, 0.05) is 6.04 Å². The van der Waals surface area contributed by atoms with Gasteiger partial charge in [-0.1, -0.05) is 19.8 Å². The number of rotatable bonds is 3. The molecule has 1 saturated carbocycles. The molecule has 0 saturated heterocycles. The van der Waals surface area contributed by atoms with Crippen molar-refractivity contribution in [2.75, 3.05) is 5.32 Å². The average Bonchev–Trinajstić information content (AvgIpc) is 2.32. The van der Waals surface area contributed by atoms with Gasteiger partial charge in [-0.2, -0.15) is 0 Å². The van der Waals surface area contributed by atoms with Gasteiger partial charge < -0.3 is 10.4 Å². The Bertz CT molecular complexity index is 445. The van der Waals surface area contributed by atoms with Crippen LogP contribution < -0.4 is 5.32 Å². The van der Waals surface area contributed by atoms with E-state index in [1.165, 1.54) is 25.7 Å². The fourth-order valence-corrected chi connectivity index (χ4v) is 2.59. The van der Waals surface area contributed by atoms with E-state index in [1.807, 2.05) is 0 Å². The third-order valence-corrected chi connectivity index (χ3v) is 3.76. The van der Waals surface area contributed by atoms with Crippen molar-refractivity contribution in [3.8, 4) is 0 Å². The molecule has 4 nitrogen and oxygen atoms in total. The van der Waals surface area contributed by atoms with E-state index in [-0.39, 0.29) is 5.56 Å². The Labute approximate surface area is 107 Å². The van der Waals surface area contributed by atoms with Gasteiger partial charge in [0.2, 0.25) is 0 Å². The number of aromatic carboxylic acids is 1. The molecule has 18 heavy (non-hydrogen) atoms. The van der Waals surface area contributed by atoms with Crippen LogP contribution in [0.25, 0.3) is 0 Å². The molecule has 4 heteroatoms. The van der Waals surface area contributed by atoms with Gasteiger partial charge in [-0.05, 0) is 37.8 Å². The van der Waals surface area contributed by atoms with E-state index in [4.69, 9.17) is 5.11 Å². The van der Waals surface area contributed by atoms with Gasteiger partial charge in [-0.25, -0.2) is 9.78 Å². The van der Waals surface area contributed by atoms with Crippen molar-refractivity contribution in [2.24, 2.45) is 5.92 Å². The number of hydrogen-bond donors (Lipinski definition) is 2. The maximum Gasteiger partial charge on any atom is 0.337 e. The highest BCUT2D eigenvalue weighted by molar-refractivity contribution is 5.89. The van der Waals surface area contributed by atoms with Crippen molar-refractivity contribution in [1.82, 2.24) is 4.98 Å². The van der Waals surface area contributed by atoms with Gasteiger partial charge in [0.15, 0.2) is 0 Å². The summed E-state index contributed by atoms with van der Waals surface area (Å²) in [5, 5.41) is 12.4. The van der Waals surface area contributed by atoms with Crippen LogP contribution in [0.2, 0.25) is 0 Å². The van der Waals surface area contributed by atoms with E-state index in [2.05, 4.69) is 17.2 Å². The summed E-state index contributed by atoms with van der Waals surface area (Å²) in [6, 6.07) is 3.85. The zero-order chi connectivity index (χ0) is 13.1. The number of aryl methyl sites for hydroxylation is 1. The number of nitrogens with one attached hydrogen (secondary N) is 1. The predicted molar refractivity (Wildman–Crippen MR) is 71.0 cm³/mol. The van der Waals surface area contributed by atoms with Gasteiger partial charge in [0.05, 0.1) is 11.3 Å². The molecule has 1 aromatic heterocycles. The molecular formula is C14H20N2O2. The van der Waals surface area contributed by atoms with E-state index >= 15 is 0 Å². The molecule has 0 bridgehead atoms. The average molecular weight is 248 g/mol. The highest BCUT2D eigenvalue weighted by Crippen LogP contribution is 2.26. The molecule has 0 aromatic carbocycles. The van der Waals surface area contributed by atoms with E-state index in [9.17, 15) is 4.79 Å². The van der Waals surface area contributed by atoms with Crippen molar-refractivity contribution in [2.45, 2.75) is 45.6 Å². The van der Waals surface area contributed by atoms with Gasteiger partial charge >= 0.3 is 5.97 Å². The van der Waals surface area contributed by atoms with Crippen molar-refractivity contribution < 1.29 is 9.90 Å². The molecule has 0 spiro atoms. The summed E-state index contributed by atoms with van der Waals surface area (Å²) in [6.45, 7) is 3.99. The third kappa shape index (κ3) is 2.81. The van der Waals surface area contributed by atoms with Crippen molar-refractivity contribution in [1.29, 1.82) is 0 Å². The van der Waals surface area contributed by atoms with Gasteiger partial charge in [-0.15, -0.1) is 0 Å². The molecule has 1 aliphatic rings. The van der Waals surface area contributed by atoms with E-state index in [1.54, 1.807) is 19.1 Å². The van der Waals surface area contributed by atoms with Crippen LogP contribution in [0, 0.1) is 12.8 Å². The summed E-state index contributed by atoms with van der Waals surface area (Å²) >= 11 is 0. The first-order chi connectivity index (χ1) is 8.58. The van der Waals surface area contributed by atoms with Crippen molar-refractivity contribution >= 4 is 11.8 Å². The Morgan fingerprint density at radius 2 is 2.11 bits per heavy atom. The molecule has 1 aliphatic carbocycles. The molecule has 1 fully saturated rings. The van der Waals surface area contributed by atoms with Crippen LogP contribution in [0.3, 0.4) is 0 Å². The number of pyridine rings is 1. The first kappa shape index (κ1) is 12.9. The lowest BCUT2D eigenvalue weighted by Gasteiger charge is -2.30. The van der Waals surface area contributed by atoms with Crippen molar-refractivity contribution in [3.05, 3.63) is 23.4 Å².